The lowest BCUT2D eigenvalue weighted by molar-refractivity contribution is -0.116. The van der Waals surface area contributed by atoms with Crippen molar-refractivity contribution < 1.29 is 14.3 Å². The van der Waals surface area contributed by atoms with Crippen LogP contribution in [0.3, 0.4) is 0 Å². The van der Waals surface area contributed by atoms with Gasteiger partial charge in [0.1, 0.15) is 17.3 Å². The summed E-state index contributed by atoms with van der Waals surface area (Å²) in [5.74, 6) is 1.95. The molecular weight excluding hydrogens is 354 g/mol. The lowest BCUT2D eigenvalue weighted by Gasteiger charge is -2.25. The van der Waals surface area contributed by atoms with Gasteiger partial charge < -0.3 is 14.8 Å². The minimum atomic E-state index is -0.159. The zero-order valence-electron chi connectivity index (χ0n) is 16.4. The summed E-state index contributed by atoms with van der Waals surface area (Å²) in [5, 5.41) is 7.60. The van der Waals surface area contributed by atoms with Crippen molar-refractivity contribution in [3.8, 4) is 17.2 Å². The summed E-state index contributed by atoms with van der Waals surface area (Å²) >= 11 is 0. The molecule has 1 atom stereocenters. The van der Waals surface area contributed by atoms with Crippen LogP contribution in [0.15, 0.2) is 42.6 Å². The fourth-order valence-electron chi connectivity index (χ4n) is 3.83. The monoisotopic (exact) mass is 377 g/mol. The zero-order valence-corrected chi connectivity index (χ0v) is 16.4. The summed E-state index contributed by atoms with van der Waals surface area (Å²) in [6, 6.07) is 11.8. The molecule has 0 radical (unpaired) electrons. The van der Waals surface area contributed by atoms with Crippen LogP contribution < -0.4 is 14.8 Å². The van der Waals surface area contributed by atoms with E-state index in [1.54, 1.807) is 18.9 Å². The van der Waals surface area contributed by atoms with Gasteiger partial charge in [0.05, 0.1) is 26.1 Å². The van der Waals surface area contributed by atoms with Crippen molar-refractivity contribution in [3.63, 3.8) is 0 Å². The van der Waals surface area contributed by atoms with Gasteiger partial charge in [0.25, 0.3) is 0 Å². The first-order valence-electron chi connectivity index (χ1n) is 9.19. The standard InChI is InChI=1S/C22H23N3O3/c1-13-5-7-19(14(2)9-13)25-22-18(12-23-25)16(11-21(26)24-22)17-10-15(27-3)6-8-20(17)28-4/h5-10,12,16H,11H2,1-4H3,(H,24,26). The highest BCUT2D eigenvalue weighted by molar-refractivity contribution is 5.95. The van der Waals surface area contributed by atoms with Crippen LogP contribution in [-0.4, -0.2) is 29.9 Å². The van der Waals surface area contributed by atoms with E-state index in [0.29, 0.717) is 12.2 Å². The molecule has 1 N–H and O–H groups in total. The minimum absolute atomic E-state index is 0.0473. The van der Waals surface area contributed by atoms with E-state index in [4.69, 9.17) is 9.47 Å². The molecule has 2 heterocycles. The second kappa shape index (κ2) is 7.03. The number of ether oxygens (including phenoxy) is 2. The Labute approximate surface area is 164 Å². The van der Waals surface area contributed by atoms with Crippen LogP contribution in [0.5, 0.6) is 11.5 Å². The first-order chi connectivity index (χ1) is 13.5. The summed E-state index contributed by atoms with van der Waals surface area (Å²) < 4.78 is 12.7. The van der Waals surface area contributed by atoms with Crippen LogP contribution in [0.1, 0.15) is 34.6 Å². The van der Waals surface area contributed by atoms with E-state index in [0.717, 1.165) is 33.9 Å². The van der Waals surface area contributed by atoms with Gasteiger partial charge in [-0.3, -0.25) is 4.79 Å². The molecule has 0 bridgehead atoms. The van der Waals surface area contributed by atoms with Crippen molar-refractivity contribution in [3.05, 3.63) is 64.8 Å². The Bertz CT molecular complexity index is 1060. The molecular formula is C22H23N3O3. The lowest BCUT2D eigenvalue weighted by atomic mass is 9.86. The number of fused-ring (bicyclic) bond motifs is 1. The number of benzene rings is 2. The molecule has 0 fully saturated rings. The Kier molecular flexibility index (Phi) is 4.55. The second-order valence-corrected chi connectivity index (χ2v) is 7.06. The van der Waals surface area contributed by atoms with Crippen LogP contribution >= 0.6 is 0 Å². The molecule has 1 aromatic heterocycles. The third-order valence-electron chi connectivity index (χ3n) is 5.21. The molecule has 1 aliphatic rings. The molecule has 1 unspecified atom stereocenters. The highest BCUT2D eigenvalue weighted by atomic mass is 16.5. The van der Waals surface area contributed by atoms with Crippen molar-refractivity contribution in [2.24, 2.45) is 0 Å². The Morgan fingerprint density at radius 2 is 1.89 bits per heavy atom. The predicted molar refractivity (Wildman–Crippen MR) is 108 cm³/mol. The van der Waals surface area contributed by atoms with E-state index < -0.39 is 0 Å². The second-order valence-electron chi connectivity index (χ2n) is 7.06. The maximum atomic E-state index is 12.6. The van der Waals surface area contributed by atoms with Crippen LogP contribution in [0.4, 0.5) is 5.82 Å². The summed E-state index contributed by atoms with van der Waals surface area (Å²) in [6.07, 6.45) is 2.16. The number of hydrogen-bond acceptors (Lipinski definition) is 4. The lowest BCUT2D eigenvalue weighted by Crippen LogP contribution is -2.25. The quantitative estimate of drug-likeness (QED) is 0.747. The number of nitrogens with one attached hydrogen (secondary N) is 1. The van der Waals surface area contributed by atoms with E-state index >= 15 is 0 Å². The SMILES string of the molecule is COc1ccc(OC)c(C2CC(=O)Nc3c2cnn3-c2ccc(C)cc2C)c1. The van der Waals surface area contributed by atoms with Gasteiger partial charge in [0, 0.05) is 23.5 Å². The van der Waals surface area contributed by atoms with E-state index in [1.165, 1.54) is 5.56 Å². The maximum Gasteiger partial charge on any atom is 0.226 e. The highest BCUT2D eigenvalue weighted by Crippen LogP contribution is 2.42. The van der Waals surface area contributed by atoms with Crippen molar-refractivity contribution in [1.82, 2.24) is 9.78 Å². The fourth-order valence-corrected chi connectivity index (χ4v) is 3.83. The number of carbonyl (C=O) groups is 1. The van der Waals surface area contributed by atoms with E-state index in [9.17, 15) is 4.79 Å². The zero-order chi connectivity index (χ0) is 19.8. The third-order valence-corrected chi connectivity index (χ3v) is 5.21. The van der Waals surface area contributed by atoms with Crippen LogP contribution in [0.2, 0.25) is 0 Å². The summed E-state index contributed by atoms with van der Waals surface area (Å²) in [6.45, 7) is 4.10. The number of hydrogen-bond donors (Lipinski definition) is 1. The minimum Gasteiger partial charge on any atom is -0.497 e. The molecule has 0 saturated carbocycles. The molecule has 1 amide bonds. The summed E-state index contributed by atoms with van der Waals surface area (Å²) in [7, 11) is 3.26. The van der Waals surface area contributed by atoms with Gasteiger partial charge in [-0.05, 0) is 43.7 Å². The number of amides is 1. The molecule has 4 rings (SSSR count). The molecule has 144 valence electrons. The highest BCUT2D eigenvalue weighted by Gasteiger charge is 2.32. The normalized spacial score (nSPS) is 15.7. The van der Waals surface area contributed by atoms with Crippen molar-refractivity contribution in [2.45, 2.75) is 26.2 Å². The Morgan fingerprint density at radius 3 is 2.61 bits per heavy atom. The number of aromatic nitrogens is 2. The van der Waals surface area contributed by atoms with Gasteiger partial charge in [-0.15, -0.1) is 0 Å². The first kappa shape index (κ1) is 18.1. The van der Waals surface area contributed by atoms with Gasteiger partial charge in [0.15, 0.2) is 0 Å². The molecule has 0 spiro atoms. The summed E-state index contributed by atoms with van der Waals surface area (Å²) in [4.78, 5) is 12.6. The van der Waals surface area contributed by atoms with Crippen molar-refractivity contribution in [2.75, 3.05) is 19.5 Å². The molecule has 1 aliphatic heterocycles. The van der Waals surface area contributed by atoms with Gasteiger partial charge in [-0.1, -0.05) is 17.7 Å². The summed E-state index contributed by atoms with van der Waals surface area (Å²) in [5.41, 5.74) is 5.11. The maximum absolute atomic E-state index is 12.6. The Hall–Kier alpha value is -3.28. The number of carbonyl (C=O) groups excluding carboxylic acids is 1. The molecule has 0 aliphatic carbocycles. The molecule has 6 heteroatoms. The van der Waals surface area contributed by atoms with Gasteiger partial charge in [0.2, 0.25) is 5.91 Å². The number of methoxy groups -OCH3 is 2. The average molecular weight is 377 g/mol. The molecule has 0 saturated heterocycles. The Balaban J connectivity index is 1.86. The van der Waals surface area contributed by atoms with Gasteiger partial charge in [-0.25, -0.2) is 4.68 Å². The Morgan fingerprint density at radius 1 is 1.07 bits per heavy atom. The molecule has 2 aromatic carbocycles. The van der Waals surface area contributed by atoms with Crippen LogP contribution in [0.25, 0.3) is 5.69 Å². The number of rotatable bonds is 4. The smallest absolute Gasteiger partial charge is 0.226 e. The fraction of sp³-hybridized carbons (Fsp3) is 0.273. The van der Waals surface area contributed by atoms with E-state index in [2.05, 4.69) is 23.4 Å². The molecule has 3 aromatic rings. The topological polar surface area (TPSA) is 65.4 Å². The molecule has 6 nitrogen and oxygen atoms in total. The number of anilines is 1. The van der Waals surface area contributed by atoms with E-state index in [1.807, 2.05) is 43.5 Å². The van der Waals surface area contributed by atoms with Gasteiger partial charge in [-0.2, -0.15) is 5.10 Å². The van der Waals surface area contributed by atoms with Crippen molar-refractivity contribution >= 4 is 11.7 Å². The average Bonchev–Trinajstić information content (AvgIpc) is 3.10. The third kappa shape index (κ3) is 3.01. The number of nitrogens with zero attached hydrogens (tertiary/aromatic N) is 2. The van der Waals surface area contributed by atoms with Crippen molar-refractivity contribution in [1.29, 1.82) is 0 Å². The first-order valence-corrected chi connectivity index (χ1v) is 9.19. The number of aryl methyl sites for hydroxylation is 2. The molecule has 28 heavy (non-hydrogen) atoms. The van der Waals surface area contributed by atoms with Crippen LogP contribution in [-0.2, 0) is 4.79 Å². The van der Waals surface area contributed by atoms with E-state index in [-0.39, 0.29) is 11.8 Å². The predicted octanol–water partition coefficient (Wildman–Crippen LogP) is 3.98. The largest absolute Gasteiger partial charge is 0.497 e. The van der Waals surface area contributed by atoms with Gasteiger partial charge >= 0.3 is 0 Å². The van der Waals surface area contributed by atoms with Crippen LogP contribution in [0, 0.1) is 13.8 Å².